The summed E-state index contributed by atoms with van der Waals surface area (Å²) in [6.07, 6.45) is 1.22. The van der Waals surface area contributed by atoms with Gasteiger partial charge in [-0.1, -0.05) is 24.9 Å². The van der Waals surface area contributed by atoms with Crippen LogP contribution in [0.25, 0.3) is 5.57 Å². The Kier molecular flexibility index (Phi) is 3.14. The van der Waals surface area contributed by atoms with Gasteiger partial charge in [0.1, 0.15) is 0 Å². The molecule has 0 spiro atoms. The van der Waals surface area contributed by atoms with Crippen molar-refractivity contribution in [3.63, 3.8) is 0 Å². The number of nitrogens with one attached hydrogen (secondary N) is 1. The summed E-state index contributed by atoms with van der Waals surface area (Å²) in [7, 11) is 0. The summed E-state index contributed by atoms with van der Waals surface area (Å²) in [4.78, 5) is 0.760. The number of hydrogen-bond acceptors (Lipinski definition) is 3. The molecule has 3 N–H and O–H groups in total. The Bertz CT molecular complexity index is 408. The fraction of sp³-hybridized carbons (Fsp3) is 0.0909. The molecule has 0 heterocycles. The van der Waals surface area contributed by atoms with Gasteiger partial charge in [0.15, 0.2) is 0 Å². The average molecular weight is 204 g/mol. The zero-order chi connectivity index (χ0) is 10.7. The molecule has 0 amide bonds. The minimum Gasteiger partial charge on any atom is -0.399 e. The van der Waals surface area contributed by atoms with E-state index in [4.69, 9.17) is 23.4 Å². The van der Waals surface area contributed by atoms with Gasteiger partial charge in [-0.15, -0.1) is 0 Å². The molecule has 14 heavy (non-hydrogen) atoms. The SMILES string of the molecule is C=C(C=N)c1ccc(N)cc1C(C)=S. The first-order valence-corrected chi connectivity index (χ1v) is 4.57. The summed E-state index contributed by atoms with van der Waals surface area (Å²) in [6, 6.07) is 5.44. The van der Waals surface area contributed by atoms with Crippen molar-refractivity contribution in [1.82, 2.24) is 0 Å². The van der Waals surface area contributed by atoms with E-state index in [1.807, 2.05) is 19.1 Å². The molecule has 0 saturated carbocycles. The maximum Gasteiger partial charge on any atom is 0.0320 e. The van der Waals surface area contributed by atoms with E-state index >= 15 is 0 Å². The lowest BCUT2D eigenvalue weighted by Crippen LogP contribution is -2.00. The van der Waals surface area contributed by atoms with E-state index in [9.17, 15) is 0 Å². The highest BCUT2D eigenvalue weighted by Crippen LogP contribution is 2.20. The highest BCUT2D eigenvalue weighted by molar-refractivity contribution is 7.80. The van der Waals surface area contributed by atoms with Gasteiger partial charge in [0.25, 0.3) is 0 Å². The summed E-state index contributed by atoms with van der Waals surface area (Å²) < 4.78 is 0. The van der Waals surface area contributed by atoms with Gasteiger partial charge in [-0.3, -0.25) is 0 Å². The third kappa shape index (κ3) is 2.06. The van der Waals surface area contributed by atoms with Crippen LogP contribution in [0.15, 0.2) is 24.8 Å². The second-order valence-corrected chi connectivity index (χ2v) is 3.64. The molecule has 0 radical (unpaired) electrons. The van der Waals surface area contributed by atoms with Crippen LogP contribution in [-0.2, 0) is 0 Å². The Morgan fingerprint density at radius 1 is 1.50 bits per heavy atom. The normalized spacial score (nSPS) is 9.50. The van der Waals surface area contributed by atoms with Gasteiger partial charge in [-0.05, 0) is 35.8 Å². The molecule has 72 valence electrons. The molecule has 3 heteroatoms. The molecule has 0 aliphatic carbocycles. The standard InChI is InChI=1S/C11H12N2S/c1-7(6-12)10-4-3-9(13)5-11(10)8(2)14/h3-6,12H,1,13H2,2H3. The van der Waals surface area contributed by atoms with E-state index < -0.39 is 0 Å². The summed E-state index contributed by atoms with van der Waals surface area (Å²) >= 11 is 5.10. The Labute approximate surface area is 89.0 Å². The van der Waals surface area contributed by atoms with Crippen molar-refractivity contribution in [2.24, 2.45) is 0 Å². The second kappa shape index (κ2) is 4.15. The van der Waals surface area contributed by atoms with Gasteiger partial charge in [-0.25, -0.2) is 0 Å². The van der Waals surface area contributed by atoms with Crippen LogP contribution in [0.1, 0.15) is 18.1 Å². The number of thiocarbonyl (C=S) groups is 1. The van der Waals surface area contributed by atoms with Crippen LogP contribution in [-0.4, -0.2) is 11.1 Å². The van der Waals surface area contributed by atoms with Gasteiger partial charge in [0.2, 0.25) is 0 Å². The number of anilines is 1. The molecule has 1 aromatic carbocycles. The third-order valence-corrected chi connectivity index (χ3v) is 2.16. The Morgan fingerprint density at radius 3 is 2.64 bits per heavy atom. The van der Waals surface area contributed by atoms with Crippen molar-refractivity contribution < 1.29 is 0 Å². The van der Waals surface area contributed by atoms with Gasteiger partial charge >= 0.3 is 0 Å². The molecule has 0 saturated heterocycles. The lowest BCUT2D eigenvalue weighted by Gasteiger charge is -2.08. The Morgan fingerprint density at radius 2 is 2.14 bits per heavy atom. The highest BCUT2D eigenvalue weighted by atomic mass is 32.1. The summed E-state index contributed by atoms with van der Waals surface area (Å²) in [6.45, 7) is 5.61. The van der Waals surface area contributed by atoms with Crippen LogP contribution in [0.4, 0.5) is 5.69 Å². The average Bonchev–Trinajstić information content (AvgIpc) is 2.16. The van der Waals surface area contributed by atoms with E-state index in [1.165, 1.54) is 6.21 Å². The van der Waals surface area contributed by atoms with Crippen LogP contribution in [0.5, 0.6) is 0 Å². The number of allylic oxidation sites excluding steroid dienone is 1. The van der Waals surface area contributed by atoms with Gasteiger partial charge in [0.05, 0.1) is 0 Å². The van der Waals surface area contributed by atoms with E-state index in [2.05, 4.69) is 6.58 Å². The monoisotopic (exact) mass is 204 g/mol. The number of hydrogen-bond donors (Lipinski definition) is 2. The molecule has 0 unspecified atom stereocenters. The largest absolute Gasteiger partial charge is 0.399 e. The molecule has 0 aliphatic rings. The first-order chi connectivity index (χ1) is 6.56. The van der Waals surface area contributed by atoms with Crippen molar-refractivity contribution in [2.75, 3.05) is 5.73 Å². The van der Waals surface area contributed by atoms with Crippen molar-refractivity contribution in [3.05, 3.63) is 35.9 Å². The zero-order valence-corrected chi connectivity index (χ0v) is 8.82. The molecule has 0 bridgehead atoms. The van der Waals surface area contributed by atoms with E-state index in [0.717, 1.165) is 16.0 Å². The smallest absolute Gasteiger partial charge is 0.0320 e. The first-order valence-electron chi connectivity index (χ1n) is 4.16. The Hall–Kier alpha value is -1.48. The lowest BCUT2D eigenvalue weighted by molar-refractivity contribution is 1.55. The van der Waals surface area contributed by atoms with Crippen molar-refractivity contribution in [2.45, 2.75) is 6.92 Å². The minimum absolute atomic E-state index is 0.643. The minimum atomic E-state index is 0.643. The summed E-state index contributed by atoms with van der Waals surface area (Å²) in [5.41, 5.74) is 8.73. The third-order valence-electron chi connectivity index (χ3n) is 1.94. The molecular formula is C11H12N2S. The zero-order valence-electron chi connectivity index (χ0n) is 8.00. The predicted molar refractivity (Wildman–Crippen MR) is 66.0 cm³/mol. The maximum atomic E-state index is 7.14. The first kappa shape index (κ1) is 10.6. The van der Waals surface area contributed by atoms with E-state index in [1.54, 1.807) is 6.07 Å². The van der Waals surface area contributed by atoms with Crippen LogP contribution >= 0.6 is 12.2 Å². The molecule has 0 aromatic heterocycles. The van der Waals surface area contributed by atoms with Gasteiger partial charge < -0.3 is 11.1 Å². The lowest BCUT2D eigenvalue weighted by atomic mass is 9.99. The molecule has 0 fully saturated rings. The number of nitrogens with two attached hydrogens (primary N) is 1. The van der Waals surface area contributed by atoms with Gasteiger partial charge in [0, 0.05) is 16.8 Å². The maximum absolute atomic E-state index is 7.14. The second-order valence-electron chi connectivity index (χ2n) is 3.03. The van der Waals surface area contributed by atoms with Crippen LogP contribution < -0.4 is 5.73 Å². The molecule has 0 atom stereocenters. The molecule has 1 aromatic rings. The number of nitrogen functional groups attached to an aromatic ring is 1. The van der Waals surface area contributed by atoms with Crippen LogP contribution in [0.3, 0.4) is 0 Å². The summed E-state index contributed by atoms with van der Waals surface area (Å²) in [5, 5.41) is 7.14. The molecule has 1 rings (SSSR count). The number of rotatable bonds is 3. The highest BCUT2D eigenvalue weighted by Gasteiger charge is 2.06. The van der Waals surface area contributed by atoms with E-state index in [0.29, 0.717) is 11.3 Å². The molecule has 0 aliphatic heterocycles. The fourth-order valence-corrected chi connectivity index (χ4v) is 1.38. The van der Waals surface area contributed by atoms with Gasteiger partial charge in [-0.2, -0.15) is 0 Å². The molecule has 2 nitrogen and oxygen atoms in total. The van der Waals surface area contributed by atoms with Crippen LogP contribution in [0, 0.1) is 5.41 Å². The van der Waals surface area contributed by atoms with Crippen molar-refractivity contribution >= 4 is 34.6 Å². The van der Waals surface area contributed by atoms with E-state index in [-0.39, 0.29) is 0 Å². The fourth-order valence-electron chi connectivity index (χ4n) is 1.21. The van der Waals surface area contributed by atoms with Crippen LogP contribution in [0.2, 0.25) is 0 Å². The number of benzene rings is 1. The van der Waals surface area contributed by atoms with Crippen molar-refractivity contribution in [3.8, 4) is 0 Å². The predicted octanol–water partition coefficient (Wildman–Crippen LogP) is 2.67. The topological polar surface area (TPSA) is 49.9 Å². The quantitative estimate of drug-likeness (QED) is 0.344. The van der Waals surface area contributed by atoms with Crippen molar-refractivity contribution in [1.29, 1.82) is 5.41 Å². The summed E-state index contributed by atoms with van der Waals surface area (Å²) in [5.74, 6) is 0. The Balaban J connectivity index is 3.35. The molecular weight excluding hydrogens is 192 g/mol.